The van der Waals surface area contributed by atoms with Crippen LogP contribution in [0.5, 0.6) is 0 Å². The van der Waals surface area contributed by atoms with Gasteiger partial charge in [0.25, 0.3) is 0 Å². The van der Waals surface area contributed by atoms with Gasteiger partial charge in [0.1, 0.15) is 0 Å². The highest BCUT2D eigenvalue weighted by molar-refractivity contribution is 4.91. The summed E-state index contributed by atoms with van der Waals surface area (Å²) in [5.74, 6) is 2.21. The first-order valence-corrected chi connectivity index (χ1v) is 6.98. The summed E-state index contributed by atoms with van der Waals surface area (Å²) < 4.78 is 0. The fraction of sp³-hybridized carbons (Fsp3) is 1.00. The zero-order chi connectivity index (χ0) is 13.9. The van der Waals surface area contributed by atoms with E-state index in [1.54, 1.807) is 0 Å². The number of hydrogen-bond donors (Lipinski definition) is 2. The third-order valence-electron chi connectivity index (χ3n) is 4.40. The standard InChI is InChI=1S/C15H34N2/c1-11(2)13(12(3)4)9-17-10-14(5,6)15(7,8)16/h11-13,17H,9-10,16H2,1-8H3. The molecule has 0 aliphatic carbocycles. The van der Waals surface area contributed by atoms with E-state index >= 15 is 0 Å². The van der Waals surface area contributed by atoms with Crippen LogP contribution in [-0.4, -0.2) is 18.6 Å². The highest BCUT2D eigenvalue weighted by Gasteiger charge is 2.33. The lowest BCUT2D eigenvalue weighted by Gasteiger charge is -2.39. The third kappa shape index (κ3) is 5.39. The van der Waals surface area contributed by atoms with Crippen molar-refractivity contribution >= 4 is 0 Å². The second kappa shape index (κ2) is 6.19. The summed E-state index contributed by atoms with van der Waals surface area (Å²) in [5, 5.41) is 3.61. The van der Waals surface area contributed by atoms with Crippen molar-refractivity contribution in [3.63, 3.8) is 0 Å². The average molecular weight is 242 g/mol. The molecule has 17 heavy (non-hydrogen) atoms. The molecule has 0 heterocycles. The molecule has 0 fully saturated rings. The minimum absolute atomic E-state index is 0.117. The molecule has 0 saturated carbocycles. The number of nitrogens with two attached hydrogens (primary N) is 1. The molecule has 0 amide bonds. The predicted octanol–water partition coefficient (Wildman–Crippen LogP) is 3.27. The van der Waals surface area contributed by atoms with E-state index in [0.717, 1.165) is 30.8 Å². The van der Waals surface area contributed by atoms with Gasteiger partial charge in [-0.3, -0.25) is 0 Å². The summed E-state index contributed by atoms with van der Waals surface area (Å²) in [6.07, 6.45) is 0. The lowest BCUT2D eigenvalue weighted by atomic mass is 9.75. The lowest BCUT2D eigenvalue weighted by Crippen LogP contribution is -2.52. The normalized spacial score (nSPS) is 14.1. The van der Waals surface area contributed by atoms with Crippen LogP contribution in [0, 0.1) is 23.2 Å². The van der Waals surface area contributed by atoms with E-state index in [2.05, 4.69) is 60.7 Å². The highest BCUT2D eigenvalue weighted by atomic mass is 14.9. The van der Waals surface area contributed by atoms with Gasteiger partial charge < -0.3 is 11.1 Å². The summed E-state index contributed by atoms with van der Waals surface area (Å²) in [6.45, 7) is 20.0. The van der Waals surface area contributed by atoms with Crippen molar-refractivity contribution in [1.29, 1.82) is 0 Å². The van der Waals surface area contributed by atoms with Gasteiger partial charge in [-0.1, -0.05) is 41.5 Å². The maximum atomic E-state index is 6.21. The Labute approximate surface area is 109 Å². The molecule has 0 saturated heterocycles. The van der Waals surface area contributed by atoms with Crippen LogP contribution in [0.25, 0.3) is 0 Å². The van der Waals surface area contributed by atoms with Gasteiger partial charge in [0.15, 0.2) is 0 Å². The highest BCUT2D eigenvalue weighted by Crippen LogP contribution is 2.27. The SMILES string of the molecule is CC(C)C(CNCC(C)(C)C(C)(C)N)C(C)C. The summed E-state index contributed by atoms with van der Waals surface area (Å²) in [4.78, 5) is 0. The van der Waals surface area contributed by atoms with Crippen LogP contribution in [0.1, 0.15) is 55.4 Å². The quantitative estimate of drug-likeness (QED) is 0.719. The largest absolute Gasteiger partial charge is 0.325 e. The Balaban J connectivity index is 4.22. The lowest BCUT2D eigenvalue weighted by molar-refractivity contribution is 0.182. The number of nitrogens with one attached hydrogen (secondary N) is 1. The summed E-state index contributed by atoms with van der Waals surface area (Å²) in [6, 6.07) is 0. The molecule has 2 nitrogen and oxygen atoms in total. The van der Waals surface area contributed by atoms with Crippen molar-refractivity contribution in [2.45, 2.75) is 60.9 Å². The molecule has 0 aliphatic heterocycles. The second-order valence-corrected chi connectivity index (χ2v) is 7.39. The molecule has 0 unspecified atom stereocenters. The zero-order valence-corrected chi connectivity index (χ0v) is 13.2. The summed E-state index contributed by atoms with van der Waals surface area (Å²) in [7, 11) is 0. The van der Waals surface area contributed by atoms with E-state index < -0.39 is 0 Å². The molecule has 0 aliphatic rings. The predicted molar refractivity (Wildman–Crippen MR) is 78.1 cm³/mol. The molecule has 0 atom stereocenters. The second-order valence-electron chi connectivity index (χ2n) is 7.39. The number of hydrogen-bond acceptors (Lipinski definition) is 2. The smallest absolute Gasteiger partial charge is 0.0161 e. The molecule has 0 aromatic rings. The van der Waals surface area contributed by atoms with Gasteiger partial charge in [0.05, 0.1) is 0 Å². The molecule has 0 radical (unpaired) electrons. The van der Waals surface area contributed by atoms with E-state index in [9.17, 15) is 0 Å². The van der Waals surface area contributed by atoms with Gasteiger partial charge in [-0.25, -0.2) is 0 Å². The first-order valence-electron chi connectivity index (χ1n) is 6.98. The maximum Gasteiger partial charge on any atom is 0.0161 e. The Bertz CT molecular complexity index is 203. The van der Waals surface area contributed by atoms with E-state index in [4.69, 9.17) is 5.73 Å². The molecular formula is C15H34N2. The Morgan fingerprint density at radius 3 is 1.65 bits per heavy atom. The van der Waals surface area contributed by atoms with Crippen LogP contribution in [0.4, 0.5) is 0 Å². The molecule has 0 aromatic heterocycles. The fourth-order valence-electron chi connectivity index (χ4n) is 2.02. The molecule has 3 N–H and O–H groups in total. The average Bonchev–Trinajstić information content (AvgIpc) is 2.08. The Hall–Kier alpha value is -0.0800. The monoisotopic (exact) mass is 242 g/mol. The molecule has 0 aromatic carbocycles. The van der Waals surface area contributed by atoms with Crippen molar-refractivity contribution in [3.8, 4) is 0 Å². The Kier molecular flexibility index (Phi) is 6.16. The van der Waals surface area contributed by atoms with Crippen molar-refractivity contribution in [1.82, 2.24) is 5.32 Å². The van der Waals surface area contributed by atoms with Gasteiger partial charge >= 0.3 is 0 Å². The van der Waals surface area contributed by atoms with Crippen molar-refractivity contribution < 1.29 is 0 Å². The van der Waals surface area contributed by atoms with Crippen molar-refractivity contribution in [2.24, 2.45) is 28.9 Å². The first kappa shape index (κ1) is 16.9. The molecule has 104 valence electrons. The van der Waals surface area contributed by atoms with Gasteiger partial charge in [0.2, 0.25) is 0 Å². The van der Waals surface area contributed by atoms with Gasteiger partial charge in [0, 0.05) is 12.1 Å². The molecule has 0 spiro atoms. The summed E-state index contributed by atoms with van der Waals surface area (Å²) >= 11 is 0. The van der Waals surface area contributed by atoms with Crippen molar-refractivity contribution in [3.05, 3.63) is 0 Å². The topological polar surface area (TPSA) is 38.0 Å². The third-order valence-corrected chi connectivity index (χ3v) is 4.40. The molecule has 2 heteroatoms. The van der Waals surface area contributed by atoms with E-state index in [-0.39, 0.29) is 11.0 Å². The zero-order valence-electron chi connectivity index (χ0n) is 13.2. The van der Waals surface area contributed by atoms with Crippen LogP contribution in [0.3, 0.4) is 0 Å². The fourth-order valence-corrected chi connectivity index (χ4v) is 2.02. The molecular weight excluding hydrogens is 208 g/mol. The number of rotatable bonds is 7. The minimum Gasteiger partial charge on any atom is -0.325 e. The van der Waals surface area contributed by atoms with Crippen LogP contribution in [-0.2, 0) is 0 Å². The van der Waals surface area contributed by atoms with Crippen LogP contribution in [0.2, 0.25) is 0 Å². The Morgan fingerprint density at radius 1 is 0.941 bits per heavy atom. The minimum atomic E-state index is -0.148. The van der Waals surface area contributed by atoms with Crippen molar-refractivity contribution in [2.75, 3.05) is 13.1 Å². The van der Waals surface area contributed by atoms with Gasteiger partial charge in [-0.05, 0) is 43.6 Å². The van der Waals surface area contributed by atoms with Crippen LogP contribution < -0.4 is 11.1 Å². The molecule has 0 bridgehead atoms. The Morgan fingerprint density at radius 2 is 1.35 bits per heavy atom. The summed E-state index contributed by atoms with van der Waals surface area (Å²) in [5.41, 5.74) is 6.18. The maximum absolute atomic E-state index is 6.21. The van der Waals surface area contributed by atoms with E-state index in [1.165, 1.54) is 0 Å². The van der Waals surface area contributed by atoms with Crippen LogP contribution >= 0.6 is 0 Å². The van der Waals surface area contributed by atoms with E-state index in [1.807, 2.05) is 0 Å². The van der Waals surface area contributed by atoms with Gasteiger partial charge in [-0.2, -0.15) is 0 Å². The first-order chi connectivity index (χ1) is 7.49. The van der Waals surface area contributed by atoms with Gasteiger partial charge in [-0.15, -0.1) is 0 Å². The molecule has 0 rings (SSSR count). The van der Waals surface area contributed by atoms with E-state index in [0.29, 0.717) is 0 Å². The van der Waals surface area contributed by atoms with Crippen LogP contribution in [0.15, 0.2) is 0 Å².